The minimum Gasteiger partial charge on any atom is -0.503 e. The van der Waals surface area contributed by atoms with Gasteiger partial charge in [0.2, 0.25) is 0 Å². The second-order valence-corrected chi connectivity index (χ2v) is 6.55. The molecule has 0 radical (unpaired) electrons. The Hall–Kier alpha value is -0.740. The number of nitrogens with one attached hydrogen (secondary N) is 1. The van der Waals surface area contributed by atoms with E-state index in [0.717, 1.165) is 18.0 Å². The molecular formula is C16H24BrNO2. The Morgan fingerprint density at radius 1 is 1.35 bits per heavy atom. The predicted octanol–water partition coefficient (Wildman–Crippen LogP) is 4.22. The molecule has 1 aliphatic rings. The number of methoxy groups -OCH3 is 1. The minimum atomic E-state index is 0.163. The fraction of sp³-hybridized carbons (Fsp3) is 0.625. The number of hydrogen-bond donors (Lipinski definition) is 2. The van der Waals surface area contributed by atoms with Gasteiger partial charge in [-0.15, -0.1) is 0 Å². The van der Waals surface area contributed by atoms with Gasteiger partial charge in [0, 0.05) is 12.6 Å². The van der Waals surface area contributed by atoms with Crippen LogP contribution in [0.25, 0.3) is 0 Å². The van der Waals surface area contributed by atoms with E-state index < -0.39 is 0 Å². The maximum Gasteiger partial charge on any atom is 0.172 e. The molecule has 0 amide bonds. The number of hydrogen-bond acceptors (Lipinski definition) is 3. The van der Waals surface area contributed by atoms with Crippen LogP contribution < -0.4 is 10.1 Å². The summed E-state index contributed by atoms with van der Waals surface area (Å²) in [5.41, 5.74) is 1.12. The monoisotopic (exact) mass is 341 g/mol. The van der Waals surface area contributed by atoms with E-state index in [1.807, 2.05) is 12.1 Å². The summed E-state index contributed by atoms with van der Waals surface area (Å²) in [5.74, 6) is 1.48. The van der Waals surface area contributed by atoms with Gasteiger partial charge in [0.1, 0.15) is 0 Å². The molecule has 2 N–H and O–H groups in total. The van der Waals surface area contributed by atoms with Gasteiger partial charge in [-0.2, -0.15) is 0 Å². The third kappa shape index (κ3) is 3.89. The third-order valence-electron chi connectivity index (χ3n) is 4.29. The van der Waals surface area contributed by atoms with E-state index in [4.69, 9.17) is 4.74 Å². The Kier molecular flexibility index (Phi) is 5.73. The van der Waals surface area contributed by atoms with E-state index >= 15 is 0 Å². The molecule has 1 aromatic rings. The van der Waals surface area contributed by atoms with Crippen LogP contribution in [0.3, 0.4) is 0 Å². The number of phenolic OH excluding ortho intramolecular Hbond substituents is 1. The Balaban J connectivity index is 1.94. The molecular weight excluding hydrogens is 318 g/mol. The van der Waals surface area contributed by atoms with Crippen LogP contribution in [0.2, 0.25) is 0 Å². The lowest BCUT2D eigenvalue weighted by molar-refractivity contribution is 0.280. The van der Waals surface area contributed by atoms with Crippen molar-refractivity contribution >= 4 is 15.9 Å². The number of aromatic hydroxyl groups is 1. The van der Waals surface area contributed by atoms with Crippen LogP contribution in [0.1, 0.15) is 44.6 Å². The van der Waals surface area contributed by atoms with Gasteiger partial charge < -0.3 is 15.2 Å². The molecule has 0 aliphatic heterocycles. The Morgan fingerprint density at radius 3 is 2.70 bits per heavy atom. The normalized spacial score (nSPS) is 17.9. The average molecular weight is 342 g/mol. The zero-order valence-corrected chi connectivity index (χ0v) is 13.9. The second kappa shape index (κ2) is 7.32. The number of ether oxygens (including phenoxy) is 1. The fourth-order valence-corrected chi connectivity index (χ4v) is 3.45. The van der Waals surface area contributed by atoms with Crippen LogP contribution in [-0.4, -0.2) is 18.3 Å². The summed E-state index contributed by atoms with van der Waals surface area (Å²) < 4.78 is 5.86. The van der Waals surface area contributed by atoms with Crippen molar-refractivity contribution < 1.29 is 9.84 Å². The maximum atomic E-state index is 9.81. The molecule has 0 aromatic heterocycles. The lowest BCUT2D eigenvalue weighted by atomic mass is 9.84. The fourth-order valence-electron chi connectivity index (χ4n) is 2.96. The molecule has 1 atom stereocenters. The number of benzene rings is 1. The maximum absolute atomic E-state index is 9.81. The second-order valence-electron chi connectivity index (χ2n) is 5.70. The van der Waals surface area contributed by atoms with Crippen LogP contribution in [0.4, 0.5) is 0 Å². The summed E-state index contributed by atoms with van der Waals surface area (Å²) in [6.45, 7) is 3.08. The van der Waals surface area contributed by atoms with Gasteiger partial charge >= 0.3 is 0 Å². The molecule has 1 unspecified atom stereocenters. The highest BCUT2D eigenvalue weighted by molar-refractivity contribution is 9.10. The number of halogens is 1. The lowest BCUT2D eigenvalue weighted by Gasteiger charge is -2.28. The summed E-state index contributed by atoms with van der Waals surface area (Å²) >= 11 is 3.36. The number of phenols is 1. The first-order valence-electron chi connectivity index (χ1n) is 7.40. The topological polar surface area (TPSA) is 41.5 Å². The van der Waals surface area contributed by atoms with Crippen molar-refractivity contribution in [3.05, 3.63) is 22.2 Å². The molecule has 0 bridgehead atoms. The number of rotatable bonds is 5. The van der Waals surface area contributed by atoms with Crippen molar-refractivity contribution in [2.45, 2.75) is 51.6 Å². The van der Waals surface area contributed by atoms with Gasteiger partial charge in [-0.25, -0.2) is 0 Å². The summed E-state index contributed by atoms with van der Waals surface area (Å²) in [6.07, 6.45) is 6.82. The van der Waals surface area contributed by atoms with E-state index in [2.05, 4.69) is 28.2 Å². The predicted molar refractivity (Wildman–Crippen MR) is 85.2 cm³/mol. The average Bonchev–Trinajstić information content (AvgIpc) is 2.48. The van der Waals surface area contributed by atoms with Gasteiger partial charge in [-0.05, 0) is 59.3 Å². The first-order chi connectivity index (χ1) is 9.61. The lowest BCUT2D eigenvalue weighted by Crippen LogP contribution is -2.34. The smallest absolute Gasteiger partial charge is 0.172 e. The molecule has 4 heteroatoms. The highest BCUT2D eigenvalue weighted by Crippen LogP contribution is 2.35. The van der Waals surface area contributed by atoms with Crippen molar-refractivity contribution in [2.75, 3.05) is 7.11 Å². The van der Waals surface area contributed by atoms with Crippen molar-refractivity contribution in [1.82, 2.24) is 5.32 Å². The zero-order valence-electron chi connectivity index (χ0n) is 12.3. The van der Waals surface area contributed by atoms with Crippen molar-refractivity contribution in [3.63, 3.8) is 0 Å². The molecule has 1 aromatic carbocycles. The quantitative estimate of drug-likeness (QED) is 0.842. The summed E-state index contributed by atoms with van der Waals surface area (Å²) in [6, 6.07) is 4.37. The molecule has 0 spiro atoms. The zero-order chi connectivity index (χ0) is 14.5. The Morgan fingerprint density at radius 2 is 2.05 bits per heavy atom. The van der Waals surface area contributed by atoms with Crippen LogP contribution in [0.15, 0.2) is 16.6 Å². The van der Waals surface area contributed by atoms with E-state index in [1.165, 1.54) is 32.1 Å². The van der Waals surface area contributed by atoms with Crippen LogP contribution in [-0.2, 0) is 6.54 Å². The molecule has 1 saturated carbocycles. The van der Waals surface area contributed by atoms with Crippen molar-refractivity contribution in [2.24, 2.45) is 5.92 Å². The minimum absolute atomic E-state index is 0.163. The summed E-state index contributed by atoms with van der Waals surface area (Å²) in [5, 5.41) is 13.4. The highest BCUT2D eigenvalue weighted by atomic mass is 79.9. The summed E-state index contributed by atoms with van der Waals surface area (Å²) in [7, 11) is 1.57. The first-order valence-corrected chi connectivity index (χ1v) is 8.20. The van der Waals surface area contributed by atoms with Gasteiger partial charge in [0.25, 0.3) is 0 Å². The van der Waals surface area contributed by atoms with Gasteiger partial charge in [-0.3, -0.25) is 0 Å². The van der Waals surface area contributed by atoms with Crippen LogP contribution in [0, 0.1) is 5.92 Å². The molecule has 1 fully saturated rings. The molecule has 2 rings (SSSR count). The molecule has 20 heavy (non-hydrogen) atoms. The molecule has 0 saturated heterocycles. The van der Waals surface area contributed by atoms with Gasteiger partial charge in [0.15, 0.2) is 11.5 Å². The molecule has 1 aliphatic carbocycles. The Bertz CT molecular complexity index is 444. The highest BCUT2D eigenvalue weighted by Gasteiger charge is 2.19. The molecule has 112 valence electrons. The van der Waals surface area contributed by atoms with E-state index in [9.17, 15) is 5.11 Å². The van der Waals surface area contributed by atoms with Crippen LogP contribution >= 0.6 is 15.9 Å². The van der Waals surface area contributed by atoms with E-state index in [1.54, 1.807) is 7.11 Å². The third-order valence-corrected chi connectivity index (χ3v) is 4.90. The van der Waals surface area contributed by atoms with E-state index in [0.29, 0.717) is 16.3 Å². The standard InChI is InChI=1S/C16H24BrNO2/c1-11(13-6-4-3-5-7-13)18-10-12-8-14(17)16(19)15(9-12)20-2/h8-9,11,13,18-19H,3-7,10H2,1-2H3. The first kappa shape index (κ1) is 15.6. The van der Waals surface area contributed by atoms with Gasteiger partial charge in [-0.1, -0.05) is 19.3 Å². The molecule has 3 nitrogen and oxygen atoms in total. The largest absolute Gasteiger partial charge is 0.503 e. The van der Waals surface area contributed by atoms with Gasteiger partial charge in [0.05, 0.1) is 11.6 Å². The van der Waals surface area contributed by atoms with Crippen molar-refractivity contribution in [3.8, 4) is 11.5 Å². The SMILES string of the molecule is COc1cc(CNC(C)C2CCCCC2)cc(Br)c1O. The van der Waals surface area contributed by atoms with Crippen molar-refractivity contribution in [1.29, 1.82) is 0 Å². The molecule has 0 heterocycles. The van der Waals surface area contributed by atoms with Crippen LogP contribution in [0.5, 0.6) is 11.5 Å². The summed E-state index contributed by atoms with van der Waals surface area (Å²) in [4.78, 5) is 0. The Labute approximate surface area is 129 Å². The van der Waals surface area contributed by atoms with E-state index in [-0.39, 0.29) is 5.75 Å².